The summed E-state index contributed by atoms with van der Waals surface area (Å²) in [5, 5.41) is 82.6. The van der Waals surface area contributed by atoms with E-state index in [1.807, 2.05) is 0 Å². The molecular formula is C26H34O14. The molecule has 2 heterocycles. The molecule has 0 radical (unpaired) electrons. The first-order chi connectivity index (χ1) is 18.9. The lowest BCUT2D eigenvalue weighted by Crippen LogP contribution is -2.62. The molecule has 0 saturated carbocycles. The van der Waals surface area contributed by atoms with Crippen LogP contribution in [0.5, 0.6) is 17.2 Å². The maximum Gasteiger partial charge on any atom is 0.229 e. The highest BCUT2D eigenvalue weighted by Crippen LogP contribution is 2.42. The number of hydrogen-bond acceptors (Lipinski definition) is 14. The van der Waals surface area contributed by atoms with Gasteiger partial charge in [-0.1, -0.05) is 6.07 Å². The lowest BCUT2D eigenvalue weighted by Gasteiger charge is -2.42. The minimum absolute atomic E-state index is 0.0596. The molecule has 10 atom stereocenters. The van der Waals surface area contributed by atoms with E-state index in [2.05, 4.69) is 0 Å². The number of aliphatic hydroxyl groups excluding tert-OH is 7. The minimum Gasteiger partial charge on any atom is -0.506 e. The van der Waals surface area contributed by atoms with E-state index in [1.165, 1.54) is 20.1 Å². The van der Waals surface area contributed by atoms with Gasteiger partial charge in [0.2, 0.25) is 6.29 Å². The van der Waals surface area contributed by atoms with Gasteiger partial charge in [0.1, 0.15) is 66.1 Å². The number of Topliss-reactive ketones (excluding diaryl/α,β-unsaturated/α-hetero) is 1. The van der Waals surface area contributed by atoms with E-state index in [-0.39, 0.29) is 22.4 Å². The predicted molar refractivity (Wildman–Crippen MR) is 134 cm³/mol. The molecule has 0 spiro atoms. The van der Waals surface area contributed by atoms with Crippen LogP contribution in [0.3, 0.4) is 0 Å². The predicted octanol–water partition coefficient (Wildman–Crippen LogP) is -1.93. The van der Waals surface area contributed by atoms with Gasteiger partial charge in [0, 0.05) is 6.07 Å². The fourth-order valence-corrected chi connectivity index (χ4v) is 4.92. The normalized spacial score (nSPS) is 34.5. The van der Waals surface area contributed by atoms with Crippen LogP contribution < -0.4 is 9.47 Å². The van der Waals surface area contributed by atoms with Gasteiger partial charge < -0.3 is 64.5 Å². The molecule has 2 aromatic rings. The Morgan fingerprint density at radius 2 is 1.48 bits per heavy atom. The third kappa shape index (κ3) is 5.60. The van der Waals surface area contributed by atoms with Gasteiger partial charge in [0.05, 0.1) is 31.3 Å². The number of fused-ring (bicyclic) bond motifs is 1. The number of phenolic OH excluding ortho intramolecular Hbond substituents is 1. The monoisotopic (exact) mass is 570 g/mol. The minimum atomic E-state index is -1.79. The fraction of sp³-hybridized carbons (Fsp3) is 0.577. The smallest absolute Gasteiger partial charge is 0.229 e. The largest absolute Gasteiger partial charge is 0.506 e. The Bertz CT molecular complexity index is 1220. The van der Waals surface area contributed by atoms with Crippen molar-refractivity contribution in [3.8, 4) is 17.2 Å². The van der Waals surface area contributed by atoms with Crippen LogP contribution in [0.15, 0.2) is 18.2 Å². The molecule has 2 aliphatic heterocycles. The first-order valence-corrected chi connectivity index (χ1v) is 12.5. The number of aromatic hydroxyl groups is 1. The molecule has 0 amide bonds. The van der Waals surface area contributed by atoms with E-state index in [9.17, 15) is 45.6 Å². The molecule has 14 nitrogen and oxygen atoms in total. The van der Waals surface area contributed by atoms with Crippen molar-refractivity contribution in [3.63, 3.8) is 0 Å². The van der Waals surface area contributed by atoms with Crippen molar-refractivity contribution in [3.05, 3.63) is 29.3 Å². The van der Waals surface area contributed by atoms with Crippen molar-refractivity contribution in [1.29, 1.82) is 0 Å². The number of ether oxygens (including phenoxy) is 5. The zero-order valence-electron chi connectivity index (χ0n) is 21.9. The highest BCUT2D eigenvalue weighted by molar-refractivity contribution is 6.07. The molecule has 0 aliphatic carbocycles. The molecule has 8 N–H and O–H groups in total. The highest BCUT2D eigenvalue weighted by Gasteiger charge is 2.48. The van der Waals surface area contributed by atoms with Crippen LogP contribution in [0.1, 0.15) is 22.8 Å². The number of benzene rings is 2. The first-order valence-electron chi connectivity index (χ1n) is 12.5. The zero-order valence-corrected chi connectivity index (χ0v) is 21.9. The summed E-state index contributed by atoms with van der Waals surface area (Å²) < 4.78 is 27.6. The molecule has 10 unspecified atom stereocenters. The van der Waals surface area contributed by atoms with Crippen LogP contribution in [0.25, 0.3) is 10.8 Å². The standard InChI is InChI=1S/C26H34O14/c1-9-4-11-5-12(36-3)6-13(17(11)20(31)16(9)10(2)28)38-26-24(35)22(33)19(30)15(40-26)8-37-25-23(34)21(32)18(29)14(7-27)39-25/h4-6,14-15,18-19,21-27,29-35H,7-8H2,1-3H3. The number of aliphatic hydroxyl groups is 7. The van der Waals surface area contributed by atoms with E-state index in [1.54, 1.807) is 19.1 Å². The topological polar surface area (TPSA) is 225 Å². The Morgan fingerprint density at radius 1 is 0.875 bits per heavy atom. The molecule has 40 heavy (non-hydrogen) atoms. The molecule has 0 aromatic heterocycles. The summed E-state index contributed by atoms with van der Waals surface area (Å²) in [4.78, 5) is 12.2. The van der Waals surface area contributed by atoms with Crippen molar-refractivity contribution in [2.24, 2.45) is 0 Å². The molecule has 2 aromatic carbocycles. The summed E-state index contributed by atoms with van der Waals surface area (Å²) >= 11 is 0. The van der Waals surface area contributed by atoms with Crippen LogP contribution in [-0.2, 0) is 14.2 Å². The van der Waals surface area contributed by atoms with Gasteiger partial charge in [-0.3, -0.25) is 4.79 Å². The Kier molecular flexibility index (Phi) is 9.16. The number of phenols is 1. The third-order valence-electron chi connectivity index (χ3n) is 7.12. The molecule has 0 bridgehead atoms. The third-order valence-corrected chi connectivity index (χ3v) is 7.12. The summed E-state index contributed by atoms with van der Waals surface area (Å²) in [6.45, 7) is 1.72. The van der Waals surface area contributed by atoms with Gasteiger partial charge >= 0.3 is 0 Å². The number of aryl methyl sites for hydroxylation is 1. The van der Waals surface area contributed by atoms with E-state index < -0.39 is 80.4 Å². The van der Waals surface area contributed by atoms with E-state index in [0.29, 0.717) is 16.7 Å². The average Bonchev–Trinajstić information content (AvgIpc) is 2.91. The van der Waals surface area contributed by atoms with Crippen LogP contribution >= 0.6 is 0 Å². The van der Waals surface area contributed by atoms with E-state index >= 15 is 0 Å². The van der Waals surface area contributed by atoms with E-state index in [4.69, 9.17) is 23.7 Å². The van der Waals surface area contributed by atoms with Crippen LogP contribution in [0, 0.1) is 6.92 Å². The lowest BCUT2D eigenvalue weighted by atomic mass is 9.96. The number of ketones is 1. The van der Waals surface area contributed by atoms with Crippen LogP contribution in [0.2, 0.25) is 0 Å². The number of carbonyl (C=O) groups excluding carboxylic acids is 1. The summed E-state index contributed by atoms with van der Waals surface area (Å²) in [6.07, 6.45) is -16.0. The second-order valence-electron chi connectivity index (χ2n) is 9.86. The average molecular weight is 571 g/mol. The van der Waals surface area contributed by atoms with Crippen molar-refractivity contribution in [2.75, 3.05) is 20.3 Å². The molecule has 2 saturated heterocycles. The highest BCUT2D eigenvalue weighted by atomic mass is 16.7. The van der Waals surface area contributed by atoms with E-state index in [0.717, 1.165) is 0 Å². The summed E-state index contributed by atoms with van der Waals surface area (Å²) in [6, 6.07) is 4.63. The second kappa shape index (κ2) is 12.1. The maximum atomic E-state index is 12.2. The number of rotatable bonds is 8. The maximum absolute atomic E-state index is 12.2. The SMILES string of the molecule is COc1cc(OC2OC(COC3OC(CO)C(O)C(O)C3O)C(O)C(O)C2O)c2c(O)c(C(C)=O)c(C)cc2c1. The van der Waals surface area contributed by atoms with Crippen molar-refractivity contribution in [2.45, 2.75) is 75.3 Å². The quantitative estimate of drug-likeness (QED) is 0.162. The molecule has 2 fully saturated rings. The first kappa shape index (κ1) is 30.3. The zero-order chi connectivity index (χ0) is 29.5. The summed E-state index contributed by atoms with van der Waals surface area (Å²) in [5.41, 5.74) is 0.573. The lowest BCUT2D eigenvalue weighted by molar-refractivity contribution is -0.323. The van der Waals surface area contributed by atoms with Gasteiger partial charge in [0.25, 0.3) is 0 Å². The molecule has 14 heteroatoms. The van der Waals surface area contributed by atoms with Gasteiger partial charge in [-0.15, -0.1) is 0 Å². The van der Waals surface area contributed by atoms with Gasteiger partial charge in [-0.25, -0.2) is 0 Å². The number of carbonyl (C=O) groups is 1. The Hall–Kier alpha value is -2.63. The Labute approximate surface area is 228 Å². The van der Waals surface area contributed by atoms with Crippen molar-refractivity contribution in [1.82, 2.24) is 0 Å². The van der Waals surface area contributed by atoms with Crippen molar-refractivity contribution >= 4 is 16.6 Å². The summed E-state index contributed by atoms with van der Waals surface area (Å²) in [7, 11) is 1.40. The molecule has 222 valence electrons. The van der Waals surface area contributed by atoms with Crippen LogP contribution in [0.4, 0.5) is 0 Å². The molecular weight excluding hydrogens is 536 g/mol. The van der Waals surface area contributed by atoms with Crippen LogP contribution in [-0.4, -0.2) is 128 Å². The van der Waals surface area contributed by atoms with Gasteiger partial charge in [0.15, 0.2) is 12.1 Å². The molecule has 4 rings (SSSR count). The number of methoxy groups -OCH3 is 1. The van der Waals surface area contributed by atoms with Gasteiger partial charge in [-0.05, 0) is 30.9 Å². The molecule has 2 aliphatic rings. The number of hydrogen-bond donors (Lipinski definition) is 8. The Morgan fingerprint density at radius 3 is 2.08 bits per heavy atom. The van der Waals surface area contributed by atoms with Gasteiger partial charge in [-0.2, -0.15) is 0 Å². The Balaban J connectivity index is 1.60. The fourth-order valence-electron chi connectivity index (χ4n) is 4.92. The van der Waals surface area contributed by atoms with Crippen molar-refractivity contribution < 1.29 is 69.3 Å². The second-order valence-corrected chi connectivity index (χ2v) is 9.86. The summed E-state index contributed by atoms with van der Waals surface area (Å²) in [5.74, 6) is -0.508.